The quantitative estimate of drug-likeness (QED) is 0.842. The number of aryl methyl sites for hydroxylation is 1. The van der Waals surface area contributed by atoms with Gasteiger partial charge in [-0.05, 0) is 13.0 Å². The predicted octanol–water partition coefficient (Wildman–Crippen LogP) is 2.59. The van der Waals surface area contributed by atoms with Crippen molar-refractivity contribution < 1.29 is 8.42 Å². The Labute approximate surface area is 120 Å². The summed E-state index contributed by atoms with van der Waals surface area (Å²) in [6, 6.07) is 2.20. The minimum atomic E-state index is -3.33. The molecule has 0 unspecified atom stereocenters. The third kappa shape index (κ3) is 4.02. The summed E-state index contributed by atoms with van der Waals surface area (Å²) in [5, 5.41) is 3.31. The lowest BCUT2D eigenvalue weighted by Crippen LogP contribution is -2.30. The van der Waals surface area contributed by atoms with Gasteiger partial charge in [-0.1, -0.05) is 27.7 Å². The van der Waals surface area contributed by atoms with Gasteiger partial charge in [0, 0.05) is 35.4 Å². The molecule has 1 heterocycles. The van der Waals surface area contributed by atoms with E-state index in [9.17, 15) is 8.42 Å². The van der Waals surface area contributed by atoms with E-state index < -0.39 is 10.0 Å². The summed E-state index contributed by atoms with van der Waals surface area (Å²) in [6.07, 6.45) is 0. The topological polar surface area (TPSA) is 49.4 Å². The lowest BCUT2D eigenvalue weighted by Gasteiger charge is -2.17. The van der Waals surface area contributed by atoms with E-state index in [1.165, 1.54) is 4.31 Å². The molecule has 1 N–H and O–H groups in total. The van der Waals surface area contributed by atoms with Crippen LogP contribution in [-0.2, 0) is 16.6 Å². The maximum Gasteiger partial charge on any atom is 0.244 e. The summed E-state index contributed by atoms with van der Waals surface area (Å²) < 4.78 is 26.5. The number of rotatable bonds is 7. The molecule has 0 radical (unpaired) electrons. The highest BCUT2D eigenvalue weighted by Gasteiger charge is 2.25. The summed E-state index contributed by atoms with van der Waals surface area (Å²) in [5.41, 5.74) is 0. The van der Waals surface area contributed by atoms with Gasteiger partial charge in [0.2, 0.25) is 10.0 Å². The van der Waals surface area contributed by atoms with E-state index in [0.29, 0.717) is 24.0 Å². The van der Waals surface area contributed by atoms with E-state index in [2.05, 4.69) is 19.2 Å². The highest BCUT2D eigenvalue weighted by Crippen LogP contribution is 2.28. The van der Waals surface area contributed by atoms with E-state index in [1.54, 1.807) is 11.3 Å². The summed E-state index contributed by atoms with van der Waals surface area (Å²) in [6.45, 7) is 11.5. The summed E-state index contributed by atoms with van der Waals surface area (Å²) in [7, 11) is -3.33. The van der Waals surface area contributed by atoms with E-state index in [1.807, 2.05) is 26.8 Å². The molecule has 1 aromatic rings. The van der Waals surface area contributed by atoms with Gasteiger partial charge in [0.15, 0.2) is 0 Å². The minimum absolute atomic E-state index is 0.394. The van der Waals surface area contributed by atoms with Crippen LogP contribution in [0.25, 0.3) is 0 Å². The summed E-state index contributed by atoms with van der Waals surface area (Å²) in [4.78, 5) is 2.39. The van der Waals surface area contributed by atoms with Crippen molar-refractivity contribution in [1.82, 2.24) is 9.62 Å². The van der Waals surface area contributed by atoms with Crippen LogP contribution in [0, 0.1) is 6.92 Å². The number of thiophene rings is 1. The van der Waals surface area contributed by atoms with Crippen LogP contribution in [0.4, 0.5) is 0 Å². The van der Waals surface area contributed by atoms with E-state index in [0.717, 1.165) is 16.3 Å². The van der Waals surface area contributed by atoms with Crippen LogP contribution in [0.1, 0.15) is 37.4 Å². The molecule has 1 rings (SSSR count). The summed E-state index contributed by atoms with van der Waals surface area (Å²) in [5.74, 6) is 0. The normalized spacial score (nSPS) is 12.6. The minimum Gasteiger partial charge on any atom is -0.310 e. The maximum absolute atomic E-state index is 12.5. The zero-order chi connectivity index (χ0) is 14.6. The molecule has 19 heavy (non-hydrogen) atoms. The first kappa shape index (κ1) is 16.6. The van der Waals surface area contributed by atoms with Crippen molar-refractivity contribution in [2.24, 2.45) is 0 Å². The van der Waals surface area contributed by atoms with Crippen LogP contribution in [-0.4, -0.2) is 31.9 Å². The fraction of sp³-hybridized carbons (Fsp3) is 0.692. The largest absolute Gasteiger partial charge is 0.310 e. The number of hydrogen-bond donors (Lipinski definition) is 1. The van der Waals surface area contributed by atoms with Crippen molar-refractivity contribution in [2.75, 3.05) is 13.1 Å². The van der Waals surface area contributed by atoms with Gasteiger partial charge < -0.3 is 5.32 Å². The van der Waals surface area contributed by atoms with Crippen LogP contribution < -0.4 is 5.32 Å². The van der Waals surface area contributed by atoms with Crippen molar-refractivity contribution in [3.05, 3.63) is 15.8 Å². The molecule has 1 aromatic heterocycles. The van der Waals surface area contributed by atoms with Gasteiger partial charge in [0.05, 0.1) is 4.90 Å². The Morgan fingerprint density at radius 3 is 2.37 bits per heavy atom. The van der Waals surface area contributed by atoms with Crippen molar-refractivity contribution in [3.8, 4) is 0 Å². The van der Waals surface area contributed by atoms with Gasteiger partial charge in [0.1, 0.15) is 0 Å². The van der Waals surface area contributed by atoms with Crippen LogP contribution >= 0.6 is 11.3 Å². The molecule has 110 valence electrons. The van der Waals surface area contributed by atoms with Crippen molar-refractivity contribution in [1.29, 1.82) is 0 Å². The number of nitrogens with one attached hydrogen (secondary N) is 1. The number of sulfonamides is 1. The molecule has 0 aliphatic heterocycles. The van der Waals surface area contributed by atoms with Crippen molar-refractivity contribution in [3.63, 3.8) is 0 Å². The molecule has 0 aliphatic carbocycles. The Balaban J connectivity index is 3.01. The zero-order valence-electron chi connectivity index (χ0n) is 12.4. The second-order valence-electron chi connectivity index (χ2n) is 4.76. The fourth-order valence-electron chi connectivity index (χ4n) is 1.87. The second kappa shape index (κ2) is 6.83. The first-order valence-electron chi connectivity index (χ1n) is 6.65. The fourth-order valence-corrected chi connectivity index (χ4v) is 4.89. The number of hydrogen-bond acceptors (Lipinski definition) is 4. The van der Waals surface area contributed by atoms with Gasteiger partial charge in [-0.25, -0.2) is 8.42 Å². The highest BCUT2D eigenvalue weighted by atomic mass is 32.2. The van der Waals surface area contributed by atoms with E-state index in [-0.39, 0.29) is 0 Å². The molecule has 0 amide bonds. The lowest BCUT2D eigenvalue weighted by molar-refractivity contribution is 0.445. The smallest absolute Gasteiger partial charge is 0.244 e. The molecule has 0 aliphatic rings. The standard InChI is InChI=1S/C13H24N2O2S2/c1-6-15(7-2)19(16,17)13-8-12(18-11(13)5)9-14-10(3)4/h8,10,14H,6-7,9H2,1-5H3. The number of nitrogens with zero attached hydrogens (tertiary/aromatic N) is 1. The average molecular weight is 304 g/mol. The molecule has 4 nitrogen and oxygen atoms in total. The van der Waals surface area contributed by atoms with Gasteiger partial charge in [-0.2, -0.15) is 4.31 Å². The lowest BCUT2D eigenvalue weighted by atomic mass is 10.3. The summed E-state index contributed by atoms with van der Waals surface area (Å²) >= 11 is 1.55. The van der Waals surface area contributed by atoms with Crippen molar-refractivity contribution in [2.45, 2.75) is 52.1 Å². The monoisotopic (exact) mass is 304 g/mol. The Hall–Kier alpha value is -0.430. The molecule has 0 atom stereocenters. The Kier molecular flexibility index (Phi) is 5.98. The Morgan fingerprint density at radius 1 is 1.32 bits per heavy atom. The Morgan fingerprint density at radius 2 is 1.89 bits per heavy atom. The molecule has 0 spiro atoms. The third-order valence-corrected chi connectivity index (χ3v) is 6.29. The first-order valence-corrected chi connectivity index (χ1v) is 8.91. The maximum atomic E-state index is 12.5. The molecule has 0 fully saturated rings. The molecule has 6 heteroatoms. The predicted molar refractivity (Wildman–Crippen MR) is 81.1 cm³/mol. The van der Waals surface area contributed by atoms with Crippen LogP contribution in [0.3, 0.4) is 0 Å². The molecule has 0 bridgehead atoms. The molecule has 0 saturated carbocycles. The molecular weight excluding hydrogens is 280 g/mol. The van der Waals surface area contributed by atoms with Gasteiger partial charge >= 0.3 is 0 Å². The van der Waals surface area contributed by atoms with E-state index in [4.69, 9.17) is 0 Å². The van der Waals surface area contributed by atoms with Gasteiger partial charge in [0.25, 0.3) is 0 Å². The first-order chi connectivity index (χ1) is 8.82. The highest BCUT2D eigenvalue weighted by molar-refractivity contribution is 7.89. The zero-order valence-corrected chi connectivity index (χ0v) is 14.0. The second-order valence-corrected chi connectivity index (χ2v) is 8.01. The van der Waals surface area contributed by atoms with E-state index >= 15 is 0 Å². The van der Waals surface area contributed by atoms with Crippen molar-refractivity contribution >= 4 is 21.4 Å². The average Bonchev–Trinajstić information content (AvgIpc) is 2.70. The van der Waals surface area contributed by atoms with Gasteiger partial charge in [-0.3, -0.25) is 0 Å². The Bertz CT molecular complexity index is 503. The van der Waals surface area contributed by atoms with Crippen LogP contribution in [0.2, 0.25) is 0 Å². The van der Waals surface area contributed by atoms with Gasteiger partial charge in [-0.15, -0.1) is 11.3 Å². The van der Waals surface area contributed by atoms with Crippen LogP contribution in [0.15, 0.2) is 11.0 Å². The SMILES string of the molecule is CCN(CC)S(=O)(=O)c1cc(CNC(C)C)sc1C. The molecular formula is C13H24N2O2S2. The van der Waals surface area contributed by atoms with Crippen LogP contribution in [0.5, 0.6) is 0 Å². The molecule has 0 aromatic carbocycles. The third-order valence-electron chi connectivity index (χ3n) is 2.93. The molecule has 0 saturated heterocycles.